The van der Waals surface area contributed by atoms with Gasteiger partial charge in [0.05, 0.1) is 44.3 Å². The smallest absolute Gasteiger partial charge is 0.220 e. The number of hydrogen-bond acceptors (Lipinski definition) is 3. The standard InChI is InChI=1S/C51H32N6/c1-3-14-33(15-4-1)49-40-21-7-9-22-42(40)52-50(54-49)36-16-13-19-38(30-36)55-44-24-11-8-20-39(44)41-31-34(26-28-45(41)55)35-27-29-47-48(32-35)57-46-25-12-10-23-43(46)53-51(57)56(47)37-17-5-2-6-18-37/h1-32H. The van der Waals surface area contributed by atoms with Crippen LogP contribution in [0.4, 0.5) is 0 Å². The summed E-state index contributed by atoms with van der Waals surface area (Å²) in [4.78, 5) is 15.4. The van der Waals surface area contributed by atoms with Gasteiger partial charge in [0.1, 0.15) is 0 Å². The van der Waals surface area contributed by atoms with Crippen molar-refractivity contribution in [1.29, 1.82) is 0 Å². The SMILES string of the molecule is c1ccc(-c2nc(-c3cccc(-n4c5ccccc5c5cc(-c6ccc7c(c6)n6c8ccccc8nc6n7-c6ccccc6)ccc54)c3)nc3ccccc23)cc1. The highest BCUT2D eigenvalue weighted by Crippen LogP contribution is 2.38. The van der Waals surface area contributed by atoms with Crippen LogP contribution in [0.1, 0.15) is 0 Å². The highest BCUT2D eigenvalue weighted by Gasteiger charge is 2.19. The molecule has 6 heteroatoms. The first-order valence-corrected chi connectivity index (χ1v) is 19.2. The summed E-state index contributed by atoms with van der Waals surface area (Å²) in [6, 6.07) is 68.4. The highest BCUT2D eigenvalue weighted by atomic mass is 15.2. The molecule has 0 spiro atoms. The molecule has 6 nitrogen and oxygen atoms in total. The fraction of sp³-hybridized carbons (Fsp3) is 0. The van der Waals surface area contributed by atoms with E-state index in [1.165, 1.54) is 10.8 Å². The predicted molar refractivity (Wildman–Crippen MR) is 233 cm³/mol. The lowest BCUT2D eigenvalue weighted by atomic mass is 10.0. The van der Waals surface area contributed by atoms with Crippen LogP contribution >= 0.6 is 0 Å². The van der Waals surface area contributed by atoms with E-state index < -0.39 is 0 Å². The van der Waals surface area contributed by atoms with Crippen molar-refractivity contribution in [2.24, 2.45) is 0 Å². The molecular formula is C51H32N6. The summed E-state index contributed by atoms with van der Waals surface area (Å²) in [6.07, 6.45) is 0. The predicted octanol–water partition coefficient (Wildman–Crippen LogP) is 12.5. The van der Waals surface area contributed by atoms with Gasteiger partial charge in [0.15, 0.2) is 5.82 Å². The summed E-state index contributed by atoms with van der Waals surface area (Å²) in [7, 11) is 0. The van der Waals surface area contributed by atoms with E-state index in [9.17, 15) is 0 Å². The Balaban J connectivity index is 1.02. The Morgan fingerprint density at radius 3 is 1.79 bits per heavy atom. The zero-order valence-electron chi connectivity index (χ0n) is 30.7. The number of nitrogens with zero attached hydrogens (tertiary/aromatic N) is 6. The van der Waals surface area contributed by atoms with Crippen LogP contribution in [0.3, 0.4) is 0 Å². The Kier molecular flexibility index (Phi) is 6.83. The Morgan fingerprint density at radius 1 is 0.316 bits per heavy atom. The Morgan fingerprint density at radius 2 is 0.947 bits per heavy atom. The lowest BCUT2D eigenvalue weighted by Gasteiger charge is -2.12. The van der Waals surface area contributed by atoms with Crippen molar-refractivity contribution in [3.63, 3.8) is 0 Å². The average Bonchev–Trinajstić information content (AvgIpc) is 3.93. The molecule has 0 aliphatic carbocycles. The Labute approximate surface area is 327 Å². The van der Waals surface area contributed by atoms with Gasteiger partial charge in [-0.05, 0) is 83.9 Å². The van der Waals surface area contributed by atoms with Crippen LogP contribution in [0.5, 0.6) is 0 Å². The van der Waals surface area contributed by atoms with E-state index in [-0.39, 0.29) is 0 Å². The molecule has 0 atom stereocenters. The molecular weight excluding hydrogens is 697 g/mol. The summed E-state index contributed by atoms with van der Waals surface area (Å²) in [5.41, 5.74) is 14.9. The zero-order chi connectivity index (χ0) is 37.5. The number of para-hydroxylation sites is 5. The largest absolute Gasteiger partial charge is 0.309 e. The maximum Gasteiger partial charge on any atom is 0.220 e. The van der Waals surface area contributed by atoms with E-state index in [4.69, 9.17) is 15.0 Å². The molecule has 0 saturated carbocycles. The first-order valence-electron chi connectivity index (χ1n) is 19.2. The topological polar surface area (TPSA) is 52.9 Å². The monoisotopic (exact) mass is 728 g/mol. The molecule has 0 bridgehead atoms. The van der Waals surface area contributed by atoms with E-state index in [1.54, 1.807) is 0 Å². The second-order valence-electron chi connectivity index (χ2n) is 14.5. The number of aromatic nitrogens is 6. The molecule has 0 amide bonds. The molecule has 8 aromatic carbocycles. The quantitative estimate of drug-likeness (QED) is 0.177. The molecule has 12 rings (SSSR count). The van der Waals surface area contributed by atoms with Crippen molar-refractivity contribution in [2.45, 2.75) is 0 Å². The second-order valence-corrected chi connectivity index (χ2v) is 14.5. The van der Waals surface area contributed by atoms with Crippen molar-refractivity contribution >= 4 is 60.6 Å². The normalized spacial score (nSPS) is 11.9. The fourth-order valence-electron chi connectivity index (χ4n) is 8.65. The van der Waals surface area contributed by atoms with Gasteiger partial charge in [0.25, 0.3) is 0 Å². The van der Waals surface area contributed by atoms with Crippen LogP contribution in [0.15, 0.2) is 194 Å². The maximum atomic E-state index is 5.18. The molecule has 266 valence electrons. The number of benzene rings is 8. The molecule has 0 fully saturated rings. The summed E-state index contributed by atoms with van der Waals surface area (Å²) < 4.78 is 6.91. The van der Waals surface area contributed by atoms with E-state index >= 15 is 0 Å². The highest BCUT2D eigenvalue weighted by molar-refractivity contribution is 6.11. The molecule has 0 aliphatic heterocycles. The first-order chi connectivity index (χ1) is 28.3. The van der Waals surface area contributed by atoms with E-state index in [0.29, 0.717) is 5.82 Å². The number of imidazole rings is 2. The molecule has 4 aromatic heterocycles. The van der Waals surface area contributed by atoms with Gasteiger partial charge in [-0.1, -0.05) is 121 Å². The van der Waals surface area contributed by atoms with Gasteiger partial charge in [0.2, 0.25) is 5.78 Å². The van der Waals surface area contributed by atoms with Gasteiger partial charge in [-0.2, -0.15) is 0 Å². The third kappa shape index (κ3) is 4.87. The lowest BCUT2D eigenvalue weighted by Crippen LogP contribution is -1.97. The van der Waals surface area contributed by atoms with Crippen molar-refractivity contribution < 1.29 is 0 Å². The molecule has 4 heterocycles. The zero-order valence-corrected chi connectivity index (χ0v) is 30.7. The Bertz CT molecular complexity index is 3520. The van der Waals surface area contributed by atoms with Crippen molar-refractivity contribution in [3.05, 3.63) is 194 Å². The number of fused-ring (bicyclic) bond motifs is 9. The molecule has 0 N–H and O–H groups in total. The van der Waals surface area contributed by atoms with Crippen LogP contribution in [0, 0.1) is 0 Å². The minimum Gasteiger partial charge on any atom is -0.309 e. The maximum absolute atomic E-state index is 5.18. The van der Waals surface area contributed by atoms with E-state index in [1.807, 2.05) is 18.2 Å². The van der Waals surface area contributed by atoms with Crippen molar-refractivity contribution in [1.82, 2.24) is 28.5 Å². The molecule has 0 unspecified atom stereocenters. The fourth-order valence-corrected chi connectivity index (χ4v) is 8.65. The molecule has 0 aliphatic rings. The molecule has 0 radical (unpaired) electrons. The first kappa shape index (κ1) is 31.5. The molecule has 12 aromatic rings. The van der Waals surface area contributed by atoms with E-state index in [2.05, 4.69) is 189 Å². The second kappa shape index (κ2) is 12.3. The summed E-state index contributed by atoms with van der Waals surface area (Å²) in [5.74, 6) is 1.61. The number of hydrogen-bond donors (Lipinski definition) is 0. The minimum absolute atomic E-state index is 0.703. The van der Waals surface area contributed by atoms with Gasteiger partial charge in [-0.15, -0.1) is 0 Å². The van der Waals surface area contributed by atoms with Gasteiger partial charge >= 0.3 is 0 Å². The summed E-state index contributed by atoms with van der Waals surface area (Å²) in [5, 5.41) is 3.44. The van der Waals surface area contributed by atoms with Gasteiger partial charge in [0, 0.05) is 38.7 Å². The minimum atomic E-state index is 0.703. The van der Waals surface area contributed by atoms with E-state index in [0.717, 1.165) is 89.1 Å². The average molecular weight is 729 g/mol. The van der Waals surface area contributed by atoms with Crippen LogP contribution in [-0.4, -0.2) is 28.5 Å². The third-order valence-electron chi connectivity index (χ3n) is 11.2. The van der Waals surface area contributed by atoms with Gasteiger partial charge < -0.3 is 4.57 Å². The van der Waals surface area contributed by atoms with Crippen molar-refractivity contribution in [2.75, 3.05) is 0 Å². The molecule has 0 saturated heterocycles. The number of rotatable bonds is 5. The Hall–Kier alpha value is -7.83. The summed E-state index contributed by atoms with van der Waals surface area (Å²) in [6.45, 7) is 0. The van der Waals surface area contributed by atoms with Crippen molar-refractivity contribution in [3.8, 4) is 45.1 Å². The molecule has 57 heavy (non-hydrogen) atoms. The van der Waals surface area contributed by atoms with Crippen LogP contribution in [0.2, 0.25) is 0 Å². The van der Waals surface area contributed by atoms with Crippen LogP contribution in [-0.2, 0) is 0 Å². The lowest BCUT2D eigenvalue weighted by molar-refractivity contribution is 1.11. The van der Waals surface area contributed by atoms with Crippen LogP contribution < -0.4 is 0 Å². The third-order valence-corrected chi connectivity index (χ3v) is 11.2. The van der Waals surface area contributed by atoms with Gasteiger partial charge in [-0.3, -0.25) is 8.97 Å². The summed E-state index contributed by atoms with van der Waals surface area (Å²) >= 11 is 0. The van der Waals surface area contributed by atoms with Crippen LogP contribution in [0.25, 0.3) is 106 Å². The van der Waals surface area contributed by atoms with Gasteiger partial charge in [-0.25, -0.2) is 15.0 Å².